The second-order valence-electron chi connectivity index (χ2n) is 7.25. The molecule has 0 spiro atoms. The number of imidazole rings is 1. The van der Waals surface area contributed by atoms with Crippen molar-refractivity contribution in [3.05, 3.63) is 46.8 Å². The van der Waals surface area contributed by atoms with Crippen molar-refractivity contribution in [3.8, 4) is 0 Å². The van der Waals surface area contributed by atoms with E-state index >= 15 is 0 Å². The summed E-state index contributed by atoms with van der Waals surface area (Å²) in [5, 5.41) is 9.52. The van der Waals surface area contributed by atoms with Gasteiger partial charge >= 0.3 is 0 Å². The van der Waals surface area contributed by atoms with Crippen molar-refractivity contribution in [1.82, 2.24) is 24.8 Å². The molecule has 0 saturated carbocycles. The molecular weight excluding hydrogens is 326 g/mol. The van der Waals surface area contributed by atoms with E-state index in [4.69, 9.17) is 4.98 Å². The van der Waals surface area contributed by atoms with E-state index < -0.39 is 0 Å². The van der Waals surface area contributed by atoms with Crippen molar-refractivity contribution in [2.75, 3.05) is 26.2 Å². The largest absolute Gasteiger partial charge is 0.396 e. The van der Waals surface area contributed by atoms with Crippen molar-refractivity contribution in [1.29, 1.82) is 0 Å². The molecule has 1 fully saturated rings. The van der Waals surface area contributed by atoms with Crippen LogP contribution in [0.3, 0.4) is 0 Å². The molecule has 6 nitrogen and oxygen atoms in total. The number of hydrogen-bond donors (Lipinski definition) is 2. The van der Waals surface area contributed by atoms with Gasteiger partial charge in [-0.25, -0.2) is 4.98 Å². The van der Waals surface area contributed by atoms with E-state index in [1.807, 2.05) is 13.0 Å². The van der Waals surface area contributed by atoms with Crippen molar-refractivity contribution in [2.24, 2.45) is 0 Å². The Morgan fingerprint density at radius 3 is 2.73 bits per heavy atom. The highest BCUT2D eigenvalue weighted by Gasteiger charge is 2.27. The number of rotatable bonds is 7. The molecule has 3 heterocycles. The van der Waals surface area contributed by atoms with Crippen molar-refractivity contribution in [2.45, 2.75) is 52.7 Å². The molecule has 0 bridgehead atoms. The number of aryl methyl sites for hydroxylation is 3. The van der Waals surface area contributed by atoms with Crippen LogP contribution in [0.15, 0.2) is 18.2 Å². The highest BCUT2D eigenvalue weighted by molar-refractivity contribution is 5.13. The van der Waals surface area contributed by atoms with Gasteiger partial charge in [-0.3, -0.25) is 14.8 Å². The van der Waals surface area contributed by atoms with Gasteiger partial charge in [0.1, 0.15) is 5.82 Å². The Morgan fingerprint density at radius 2 is 2.04 bits per heavy atom. The van der Waals surface area contributed by atoms with Crippen LogP contribution in [0.25, 0.3) is 0 Å². The third-order valence-electron chi connectivity index (χ3n) is 5.21. The first-order valence-electron chi connectivity index (χ1n) is 9.63. The Kier molecular flexibility index (Phi) is 6.40. The molecule has 142 valence electrons. The van der Waals surface area contributed by atoms with Gasteiger partial charge in [0.25, 0.3) is 0 Å². The van der Waals surface area contributed by atoms with Crippen LogP contribution in [0.2, 0.25) is 0 Å². The Bertz CT molecular complexity index is 714. The van der Waals surface area contributed by atoms with E-state index in [9.17, 15) is 5.11 Å². The zero-order chi connectivity index (χ0) is 18.5. The molecule has 1 saturated heterocycles. The summed E-state index contributed by atoms with van der Waals surface area (Å²) < 4.78 is 0. The van der Waals surface area contributed by atoms with Crippen molar-refractivity contribution >= 4 is 0 Å². The molecule has 0 radical (unpaired) electrons. The number of nitrogens with zero attached hydrogens (tertiary/aromatic N) is 4. The molecule has 3 rings (SSSR count). The fourth-order valence-electron chi connectivity index (χ4n) is 3.72. The summed E-state index contributed by atoms with van der Waals surface area (Å²) in [5.41, 5.74) is 4.49. The lowest BCUT2D eigenvalue weighted by molar-refractivity contribution is 0.0485. The Balaban J connectivity index is 1.64. The molecule has 1 aliphatic rings. The first-order valence-corrected chi connectivity index (χ1v) is 9.63. The summed E-state index contributed by atoms with van der Waals surface area (Å²) >= 11 is 0. The molecule has 1 unspecified atom stereocenters. The third-order valence-corrected chi connectivity index (χ3v) is 5.21. The van der Waals surface area contributed by atoms with Gasteiger partial charge in [0.15, 0.2) is 0 Å². The molecule has 1 atom stereocenters. The summed E-state index contributed by atoms with van der Waals surface area (Å²) in [6.45, 7) is 11.2. The molecular formula is C20H31N5O. The van der Waals surface area contributed by atoms with Crippen LogP contribution in [0.1, 0.15) is 41.9 Å². The quantitative estimate of drug-likeness (QED) is 0.794. The third kappa shape index (κ3) is 4.69. The van der Waals surface area contributed by atoms with E-state index in [2.05, 4.69) is 45.7 Å². The predicted molar refractivity (Wildman–Crippen MR) is 103 cm³/mol. The normalized spacial score (nSPS) is 19.2. The zero-order valence-electron chi connectivity index (χ0n) is 16.2. The molecule has 6 heteroatoms. The summed E-state index contributed by atoms with van der Waals surface area (Å²) in [7, 11) is 0. The first-order chi connectivity index (χ1) is 12.6. The topological polar surface area (TPSA) is 68.3 Å². The van der Waals surface area contributed by atoms with Crippen molar-refractivity contribution in [3.63, 3.8) is 0 Å². The number of piperazine rings is 1. The van der Waals surface area contributed by atoms with E-state index in [0.29, 0.717) is 6.04 Å². The molecule has 1 aliphatic heterocycles. The highest BCUT2D eigenvalue weighted by atomic mass is 16.3. The number of nitrogens with one attached hydrogen (secondary N) is 1. The standard InChI is InChI=1S/C20H31N5O/c1-4-20-22-16(3)19(23-20)14-24-9-10-25(18(13-24)8-11-26)12-17-7-5-6-15(2)21-17/h5-7,18,26H,4,8-14H2,1-3H3,(H,22,23). The van der Waals surface area contributed by atoms with Crippen LogP contribution in [0.4, 0.5) is 0 Å². The van der Waals surface area contributed by atoms with Gasteiger partial charge in [0.2, 0.25) is 0 Å². The fraction of sp³-hybridized carbons (Fsp3) is 0.600. The monoisotopic (exact) mass is 357 g/mol. The van der Waals surface area contributed by atoms with E-state index in [1.54, 1.807) is 0 Å². The minimum Gasteiger partial charge on any atom is -0.396 e. The van der Waals surface area contributed by atoms with Crippen molar-refractivity contribution < 1.29 is 5.11 Å². The summed E-state index contributed by atoms with van der Waals surface area (Å²) in [6, 6.07) is 6.54. The first kappa shape index (κ1) is 19.0. The number of aromatic amines is 1. The summed E-state index contributed by atoms with van der Waals surface area (Å²) in [5.74, 6) is 1.06. The van der Waals surface area contributed by atoms with Gasteiger partial charge in [-0.15, -0.1) is 0 Å². The Labute approximate surface area is 156 Å². The van der Waals surface area contributed by atoms with E-state index in [-0.39, 0.29) is 6.61 Å². The highest BCUT2D eigenvalue weighted by Crippen LogP contribution is 2.18. The summed E-state index contributed by atoms with van der Waals surface area (Å²) in [6.07, 6.45) is 1.73. The molecule has 0 aromatic carbocycles. The molecule has 26 heavy (non-hydrogen) atoms. The van der Waals surface area contributed by atoms with Gasteiger partial charge in [-0.2, -0.15) is 0 Å². The van der Waals surface area contributed by atoms with Crippen LogP contribution in [0.5, 0.6) is 0 Å². The lowest BCUT2D eigenvalue weighted by atomic mass is 10.1. The molecule has 2 aromatic rings. The molecule has 0 amide bonds. The van der Waals surface area contributed by atoms with Crippen LogP contribution < -0.4 is 0 Å². The van der Waals surface area contributed by atoms with Gasteiger partial charge in [0, 0.05) is 63.2 Å². The van der Waals surface area contributed by atoms with E-state index in [0.717, 1.165) is 68.5 Å². The number of hydrogen-bond acceptors (Lipinski definition) is 5. The number of H-pyrrole nitrogens is 1. The fourth-order valence-corrected chi connectivity index (χ4v) is 3.72. The smallest absolute Gasteiger partial charge is 0.106 e. The van der Waals surface area contributed by atoms with Gasteiger partial charge in [-0.1, -0.05) is 13.0 Å². The maximum absolute atomic E-state index is 9.52. The van der Waals surface area contributed by atoms with Gasteiger partial charge < -0.3 is 10.1 Å². The maximum Gasteiger partial charge on any atom is 0.106 e. The molecule has 2 aromatic heterocycles. The summed E-state index contributed by atoms with van der Waals surface area (Å²) in [4.78, 5) is 17.7. The number of pyridine rings is 1. The maximum atomic E-state index is 9.52. The average Bonchev–Trinajstić information content (AvgIpc) is 2.97. The zero-order valence-corrected chi connectivity index (χ0v) is 16.2. The molecule has 2 N–H and O–H groups in total. The SMILES string of the molecule is CCc1nc(CN2CCN(Cc3cccc(C)n3)C(CCO)C2)c(C)[nH]1. The van der Waals surface area contributed by atoms with Crippen LogP contribution in [-0.4, -0.2) is 62.1 Å². The lowest BCUT2D eigenvalue weighted by Gasteiger charge is -2.41. The minimum absolute atomic E-state index is 0.220. The van der Waals surface area contributed by atoms with Gasteiger partial charge in [0.05, 0.1) is 11.4 Å². The van der Waals surface area contributed by atoms with Crippen LogP contribution >= 0.6 is 0 Å². The second-order valence-corrected chi connectivity index (χ2v) is 7.25. The Hall–Kier alpha value is -1.76. The Morgan fingerprint density at radius 1 is 1.19 bits per heavy atom. The predicted octanol–water partition coefficient (Wildman–Crippen LogP) is 2.05. The minimum atomic E-state index is 0.220. The second kappa shape index (κ2) is 8.75. The van der Waals surface area contributed by atoms with Gasteiger partial charge in [-0.05, 0) is 32.4 Å². The average molecular weight is 358 g/mol. The number of aliphatic hydroxyl groups excluding tert-OH is 1. The number of aliphatic hydroxyl groups is 1. The van der Waals surface area contributed by atoms with Crippen LogP contribution in [0, 0.1) is 13.8 Å². The van der Waals surface area contributed by atoms with Crippen LogP contribution in [-0.2, 0) is 19.5 Å². The lowest BCUT2D eigenvalue weighted by Crippen LogP contribution is -2.52. The van der Waals surface area contributed by atoms with E-state index in [1.165, 1.54) is 5.69 Å². The number of aromatic nitrogens is 3. The molecule has 0 aliphatic carbocycles.